The van der Waals surface area contributed by atoms with Crippen LogP contribution >= 0.6 is 0 Å². The molecular weight excluding hydrogens is 705 g/mol. The van der Waals surface area contributed by atoms with E-state index in [1.807, 2.05) is 0 Å². The fourth-order valence-electron chi connectivity index (χ4n) is 11.3. The van der Waals surface area contributed by atoms with Crippen LogP contribution in [0.3, 0.4) is 0 Å². The van der Waals surface area contributed by atoms with Gasteiger partial charge in [0.1, 0.15) is 22.3 Å². The summed E-state index contributed by atoms with van der Waals surface area (Å²) in [6.07, 6.45) is 0. The maximum absolute atomic E-state index is 7.03. The number of fused-ring (bicyclic) bond motifs is 17. The highest BCUT2D eigenvalue weighted by molar-refractivity contribution is 6.22. The lowest BCUT2D eigenvalue weighted by Gasteiger charge is -2.31. The quantitative estimate of drug-likeness (QED) is 0.176. The van der Waals surface area contributed by atoms with Crippen molar-refractivity contribution in [2.45, 2.75) is 38.5 Å². The molecule has 0 aliphatic heterocycles. The highest BCUT2D eigenvalue weighted by Crippen LogP contribution is 2.63. The zero-order valence-electron chi connectivity index (χ0n) is 32.8. The van der Waals surface area contributed by atoms with E-state index in [0.29, 0.717) is 0 Å². The number of hydrogen-bond acceptors (Lipinski definition) is 2. The molecule has 0 fully saturated rings. The molecule has 11 aromatic rings. The van der Waals surface area contributed by atoms with Crippen LogP contribution in [0.1, 0.15) is 49.9 Å². The summed E-state index contributed by atoms with van der Waals surface area (Å²) in [5.41, 5.74) is 18.4. The minimum atomic E-state index is -0.326. The lowest BCUT2D eigenvalue weighted by atomic mass is 9.72. The third kappa shape index (κ3) is 3.93. The van der Waals surface area contributed by atoms with Crippen molar-refractivity contribution in [3.8, 4) is 44.5 Å². The van der Waals surface area contributed by atoms with E-state index in [0.717, 1.165) is 33.1 Å². The zero-order chi connectivity index (χ0) is 38.7. The number of benzene rings is 9. The summed E-state index contributed by atoms with van der Waals surface area (Å²) >= 11 is 0. The monoisotopic (exact) mass is 742 g/mol. The summed E-state index contributed by atoms with van der Waals surface area (Å²) in [4.78, 5) is 0. The summed E-state index contributed by atoms with van der Waals surface area (Å²) in [7, 11) is 0. The molecule has 0 atom stereocenters. The van der Waals surface area contributed by atoms with Crippen molar-refractivity contribution in [2.75, 3.05) is 0 Å². The molecule has 2 heterocycles. The van der Waals surface area contributed by atoms with Crippen LogP contribution in [-0.2, 0) is 10.8 Å². The van der Waals surface area contributed by atoms with Crippen molar-refractivity contribution >= 4 is 65.4 Å². The van der Waals surface area contributed by atoms with E-state index in [9.17, 15) is 0 Å². The van der Waals surface area contributed by atoms with E-state index in [-0.39, 0.29) is 10.8 Å². The Hall–Kier alpha value is -6.90. The largest absolute Gasteiger partial charge is 0.455 e. The first-order chi connectivity index (χ1) is 28.3. The van der Waals surface area contributed by atoms with Crippen LogP contribution in [0.25, 0.3) is 110 Å². The van der Waals surface area contributed by atoms with Crippen molar-refractivity contribution in [2.24, 2.45) is 0 Å². The first-order valence-electron chi connectivity index (χ1n) is 20.4. The summed E-state index contributed by atoms with van der Waals surface area (Å²) in [5.74, 6) is 0. The molecule has 2 aromatic heterocycles. The first kappa shape index (κ1) is 32.2. The normalized spacial score (nSPS) is 14.8. The van der Waals surface area contributed by atoms with Crippen LogP contribution in [-0.4, -0.2) is 0 Å². The van der Waals surface area contributed by atoms with Crippen LogP contribution in [0.4, 0.5) is 0 Å². The lowest BCUT2D eigenvalue weighted by Crippen LogP contribution is -2.24. The maximum atomic E-state index is 7.03. The van der Waals surface area contributed by atoms with Gasteiger partial charge >= 0.3 is 0 Å². The standard InChI is InChI=1S/C56H38O2/c1-55(2)43-29-41(35-23-13-17-31-15-5-7-19-33(31)35)47-37-21-9-11-25-45(37)57-53(47)49(43)39-27-28-40-50-44(56(3,4)52(40)51(39)55)30-42(36-24-14-18-32-16-6-8-20-34(32)36)48-38-22-10-12-26-46(38)58-54(48)50/h5-30H,1-4H3. The Morgan fingerprint density at radius 2 is 0.724 bits per heavy atom. The van der Waals surface area contributed by atoms with Crippen molar-refractivity contribution in [1.29, 1.82) is 0 Å². The van der Waals surface area contributed by atoms with Gasteiger partial charge in [-0.05, 0) is 101 Å². The lowest BCUT2D eigenvalue weighted by molar-refractivity contribution is 0.600. The Labute approximate surface area is 336 Å². The number of furan rings is 2. The molecule has 2 nitrogen and oxygen atoms in total. The van der Waals surface area contributed by atoms with Crippen LogP contribution in [0, 0.1) is 0 Å². The molecule has 0 unspecified atom stereocenters. The Morgan fingerprint density at radius 1 is 0.345 bits per heavy atom. The molecule has 0 radical (unpaired) electrons. The van der Waals surface area contributed by atoms with E-state index in [1.54, 1.807) is 0 Å². The third-order valence-electron chi connectivity index (χ3n) is 13.8. The van der Waals surface area contributed by atoms with E-state index in [2.05, 4.69) is 185 Å². The molecule has 274 valence electrons. The molecule has 58 heavy (non-hydrogen) atoms. The molecule has 0 amide bonds. The molecular formula is C56H38O2. The summed E-state index contributed by atoms with van der Waals surface area (Å²) in [5, 5.41) is 9.64. The van der Waals surface area contributed by atoms with Gasteiger partial charge in [-0.25, -0.2) is 0 Å². The predicted octanol–water partition coefficient (Wildman–Crippen LogP) is 15.7. The topological polar surface area (TPSA) is 26.3 Å². The van der Waals surface area contributed by atoms with Gasteiger partial charge in [0, 0.05) is 43.5 Å². The Morgan fingerprint density at radius 3 is 1.17 bits per heavy atom. The zero-order valence-corrected chi connectivity index (χ0v) is 32.8. The molecule has 9 aromatic carbocycles. The van der Waals surface area contributed by atoms with Crippen molar-refractivity contribution < 1.29 is 8.83 Å². The molecule has 0 saturated heterocycles. The molecule has 2 aliphatic rings. The second-order valence-corrected chi connectivity index (χ2v) is 17.5. The highest BCUT2D eigenvalue weighted by atomic mass is 16.3. The molecule has 13 rings (SSSR count). The maximum Gasteiger partial charge on any atom is 0.144 e. The number of rotatable bonds is 2. The second kappa shape index (κ2) is 10.9. The van der Waals surface area contributed by atoms with Crippen LogP contribution in [0.5, 0.6) is 0 Å². The van der Waals surface area contributed by atoms with Crippen LogP contribution in [0.15, 0.2) is 167 Å². The van der Waals surface area contributed by atoms with Gasteiger partial charge in [-0.2, -0.15) is 0 Å². The van der Waals surface area contributed by atoms with Gasteiger partial charge in [0.15, 0.2) is 0 Å². The minimum Gasteiger partial charge on any atom is -0.455 e. The summed E-state index contributed by atoms with van der Waals surface area (Å²) < 4.78 is 14.1. The highest BCUT2D eigenvalue weighted by Gasteiger charge is 2.48. The average Bonchev–Trinajstić information content (AvgIpc) is 3.95. The molecule has 0 spiro atoms. The van der Waals surface area contributed by atoms with Crippen LogP contribution in [0.2, 0.25) is 0 Å². The average molecular weight is 743 g/mol. The molecule has 2 aliphatic carbocycles. The first-order valence-corrected chi connectivity index (χ1v) is 20.4. The molecule has 0 bridgehead atoms. The Balaban J connectivity index is 1.13. The molecule has 0 N–H and O–H groups in total. The van der Waals surface area contributed by atoms with Gasteiger partial charge in [0.05, 0.1) is 0 Å². The van der Waals surface area contributed by atoms with E-state index in [4.69, 9.17) is 8.83 Å². The van der Waals surface area contributed by atoms with Gasteiger partial charge in [0.2, 0.25) is 0 Å². The number of hydrogen-bond donors (Lipinski definition) is 0. The Bertz CT molecular complexity index is 3370. The van der Waals surface area contributed by atoms with Gasteiger partial charge in [-0.3, -0.25) is 0 Å². The smallest absolute Gasteiger partial charge is 0.144 e. The van der Waals surface area contributed by atoms with Gasteiger partial charge in [-0.1, -0.05) is 161 Å². The van der Waals surface area contributed by atoms with E-state index in [1.165, 1.54) is 99.1 Å². The molecule has 0 saturated carbocycles. The minimum absolute atomic E-state index is 0.326. The Kier molecular flexibility index (Phi) is 6.07. The SMILES string of the molecule is CC1(C)c2cc(-c3cccc4ccccc34)c3c(oc4ccccc43)c2-c2ccc3c(c21)C(C)(C)c1cc(-c2cccc4ccccc24)c2c(oc4ccccc42)c1-3. The third-order valence-corrected chi connectivity index (χ3v) is 13.8. The van der Waals surface area contributed by atoms with Crippen molar-refractivity contribution in [3.05, 3.63) is 180 Å². The van der Waals surface area contributed by atoms with Gasteiger partial charge in [0.25, 0.3) is 0 Å². The predicted molar refractivity (Wildman–Crippen MR) is 242 cm³/mol. The van der Waals surface area contributed by atoms with Crippen molar-refractivity contribution in [3.63, 3.8) is 0 Å². The number of para-hydroxylation sites is 2. The van der Waals surface area contributed by atoms with Crippen molar-refractivity contribution in [1.82, 2.24) is 0 Å². The van der Waals surface area contributed by atoms with Crippen LogP contribution < -0.4 is 0 Å². The molecule has 2 heteroatoms. The fraction of sp³-hybridized carbons (Fsp3) is 0.107. The van der Waals surface area contributed by atoms with Gasteiger partial charge < -0.3 is 8.83 Å². The fourth-order valence-corrected chi connectivity index (χ4v) is 11.3. The summed E-state index contributed by atoms with van der Waals surface area (Å²) in [6.45, 7) is 9.71. The summed E-state index contributed by atoms with van der Waals surface area (Å²) in [6, 6.07) is 57.7. The van der Waals surface area contributed by atoms with E-state index < -0.39 is 0 Å². The second-order valence-electron chi connectivity index (χ2n) is 17.5. The van der Waals surface area contributed by atoms with Gasteiger partial charge in [-0.15, -0.1) is 0 Å². The van der Waals surface area contributed by atoms with E-state index >= 15 is 0 Å².